The highest BCUT2D eigenvalue weighted by molar-refractivity contribution is 4.60. The van der Waals surface area contributed by atoms with E-state index in [1.807, 2.05) is 0 Å². The Hall–Kier alpha value is 0.210. The SMILES string of the molecule is [Cl-].[NH3+]CC1CCCO1. The van der Waals surface area contributed by atoms with Gasteiger partial charge in [0, 0.05) is 6.61 Å². The van der Waals surface area contributed by atoms with Gasteiger partial charge in [-0.2, -0.15) is 0 Å². The molecule has 1 aliphatic rings. The zero-order valence-electron chi connectivity index (χ0n) is 4.90. The van der Waals surface area contributed by atoms with Crippen LogP contribution in [0, 0.1) is 0 Å². The standard InChI is InChI=1S/C5H11NO.ClH/c6-4-5-2-1-3-7-5;/h5H,1-4,6H2;1H. The summed E-state index contributed by atoms with van der Waals surface area (Å²) in [5.41, 5.74) is 3.74. The highest BCUT2D eigenvalue weighted by Crippen LogP contribution is 2.08. The Morgan fingerprint density at radius 2 is 2.38 bits per heavy atom. The largest absolute Gasteiger partial charge is 1.00 e. The smallest absolute Gasteiger partial charge is 0.106 e. The third kappa shape index (κ3) is 1.99. The molecule has 1 aliphatic heterocycles. The van der Waals surface area contributed by atoms with E-state index in [-0.39, 0.29) is 12.4 Å². The van der Waals surface area contributed by atoms with E-state index in [2.05, 4.69) is 5.73 Å². The fourth-order valence-corrected chi connectivity index (χ4v) is 0.872. The van der Waals surface area contributed by atoms with Crippen molar-refractivity contribution >= 4 is 0 Å². The van der Waals surface area contributed by atoms with Crippen LogP contribution >= 0.6 is 0 Å². The number of hydrogen-bond acceptors (Lipinski definition) is 1. The van der Waals surface area contributed by atoms with Crippen molar-refractivity contribution in [1.82, 2.24) is 0 Å². The van der Waals surface area contributed by atoms with Crippen LogP contribution in [-0.4, -0.2) is 19.3 Å². The van der Waals surface area contributed by atoms with Gasteiger partial charge in [-0.3, -0.25) is 0 Å². The van der Waals surface area contributed by atoms with Crippen LogP contribution in [0.2, 0.25) is 0 Å². The van der Waals surface area contributed by atoms with Gasteiger partial charge < -0.3 is 22.9 Å². The summed E-state index contributed by atoms with van der Waals surface area (Å²) in [5, 5.41) is 0. The lowest BCUT2D eigenvalue weighted by Crippen LogP contribution is -3.00. The van der Waals surface area contributed by atoms with E-state index in [1.165, 1.54) is 12.8 Å². The Morgan fingerprint density at radius 1 is 1.62 bits per heavy atom. The number of rotatable bonds is 1. The number of ether oxygens (including phenoxy) is 1. The molecule has 0 aromatic rings. The minimum absolute atomic E-state index is 0. The van der Waals surface area contributed by atoms with Gasteiger partial charge in [0.05, 0.1) is 0 Å². The summed E-state index contributed by atoms with van der Waals surface area (Å²) in [6, 6.07) is 0. The monoisotopic (exact) mass is 137 g/mol. The first kappa shape index (κ1) is 8.21. The number of quaternary nitrogens is 1. The van der Waals surface area contributed by atoms with Gasteiger partial charge in [0.15, 0.2) is 0 Å². The maximum absolute atomic E-state index is 5.24. The second-order valence-electron chi connectivity index (χ2n) is 1.92. The van der Waals surface area contributed by atoms with E-state index in [0.29, 0.717) is 6.10 Å². The number of halogens is 1. The molecule has 0 aliphatic carbocycles. The Balaban J connectivity index is 0.000000490. The summed E-state index contributed by atoms with van der Waals surface area (Å²) < 4.78 is 5.24. The van der Waals surface area contributed by atoms with E-state index < -0.39 is 0 Å². The predicted octanol–water partition coefficient (Wildman–Crippen LogP) is -3.59. The van der Waals surface area contributed by atoms with Crippen LogP contribution in [0.25, 0.3) is 0 Å². The summed E-state index contributed by atoms with van der Waals surface area (Å²) in [6.07, 6.45) is 2.95. The summed E-state index contributed by atoms with van der Waals surface area (Å²) in [4.78, 5) is 0. The first-order chi connectivity index (χ1) is 3.43. The molecular weight excluding hydrogens is 126 g/mol. The fraction of sp³-hybridized carbons (Fsp3) is 1.00. The van der Waals surface area contributed by atoms with Crippen molar-refractivity contribution in [1.29, 1.82) is 0 Å². The lowest BCUT2D eigenvalue weighted by Gasteiger charge is -1.98. The van der Waals surface area contributed by atoms with Crippen molar-refractivity contribution in [2.45, 2.75) is 18.9 Å². The van der Waals surface area contributed by atoms with E-state index in [4.69, 9.17) is 4.74 Å². The van der Waals surface area contributed by atoms with Crippen LogP contribution < -0.4 is 18.1 Å². The zero-order chi connectivity index (χ0) is 5.11. The minimum atomic E-state index is 0. The summed E-state index contributed by atoms with van der Waals surface area (Å²) in [7, 11) is 0. The molecule has 0 amide bonds. The molecule has 0 saturated carbocycles. The molecule has 1 atom stereocenters. The Labute approximate surface area is 55.8 Å². The van der Waals surface area contributed by atoms with E-state index >= 15 is 0 Å². The number of hydrogen-bond donors (Lipinski definition) is 1. The van der Waals surface area contributed by atoms with E-state index in [1.54, 1.807) is 0 Å². The minimum Gasteiger partial charge on any atom is -1.00 e. The van der Waals surface area contributed by atoms with Gasteiger partial charge in [0.1, 0.15) is 12.6 Å². The third-order valence-electron chi connectivity index (χ3n) is 1.35. The van der Waals surface area contributed by atoms with Crippen molar-refractivity contribution in [2.75, 3.05) is 13.2 Å². The molecule has 1 fully saturated rings. The lowest BCUT2D eigenvalue weighted by atomic mass is 10.2. The van der Waals surface area contributed by atoms with Gasteiger partial charge in [-0.15, -0.1) is 0 Å². The quantitative estimate of drug-likeness (QED) is 0.399. The average molecular weight is 138 g/mol. The summed E-state index contributed by atoms with van der Waals surface area (Å²) in [5.74, 6) is 0. The second-order valence-corrected chi connectivity index (χ2v) is 1.92. The molecule has 0 radical (unpaired) electrons. The third-order valence-corrected chi connectivity index (χ3v) is 1.35. The van der Waals surface area contributed by atoms with Crippen LogP contribution in [-0.2, 0) is 4.74 Å². The van der Waals surface area contributed by atoms with Crippen LogP contribution in [0.15, 0.2) is 0 Å². The van der Waals surface area contributed by atoms with Crippen molar-refractivity contribution in [3.05, 3.63) is 0 Å². The van der Waals surface area contributed by atoms with Crippen molar-refractivity contribution in [3.8, 4) is 0 Å². The topological polar surface area (TPSA) is 36.9 Å². The fourth-order valence-electron chi connectivity index (χ4n) is 0.872. The Kier molecular flexibility index (Phi) is 4.23. The highest BCUT2D eigenvalue weighted by Gasteiger charge is 2.13. The normalized spacial score (nSPS) is 27.4. The molecule has 1 saturated heterocycles. The van der Waals surface area contributed by atoms with Gasteiger partial charge >= 0.3 is 0 Å². The molecule has 2 nitrogen and oxygen atoms in total. The average Bonchev–Trinajstić information content (AvgIpc) is 2.14. The maximum atomic E-state index is 5.24. The highest BCUT2D eigenvalue weighted by atomic mass is 35.5. The Morgan fingerprint density at radius 3 is 2.62 bits per heavy atom. The predicted molar refractivity (Wildman–Crippen MR) is 26.7 cm³/mol. The molecule has 1 heterocycles. The maximum Gasteiger partial charge on any atom is 0.106 e. The van der Waals surface area contributed by atoms with Crippen molar-refractivity contribution < 1.29 is 22.9 Å². The molecule has 1 rings (SSSR count). The second kappa shape index (κ2) is 4.13. The Bertz CT molecular complexity index is 54.4. The first-order valence-electron chi connectivity index (χ1n) is 2.84. The molecule has 0 bridgehead atoms. The molecule has 8 heavy (non-hydrogen) atoms. The van der Waals surface area contributed by atoms with Gasteiger partial charge in [-0.25, -0.2) is 0 Å². The molecule has 50 valence electrons. The van der Waals surface area contributed by atoms with E-state index in [0.717, 1.165) is 13.2 Å². The van der Waals surface area contributed by atoms with Gasteiger partial charge in [0.25, 0.3) is 0 Å². The molecule has 0 spiro atoms. The van der Waals surface area contributed by atoms with Crippen molar-refractivity contribution in [3.63, 3.8) is 0 Å². The molecule has 0 aromatic carbocycles. The molecule has 3 heteroatoms. The van der Waals surface area contributed by atoms with Gasteiger partial charge in [-0.1, -0.05) is 0 Å². The molecule has 1 unspecified atom stereocenters. The lowest BCUT2D eigenvalue weighted by molar-refractivity contribution is -0.383. The molecule has 0 aromatic heterocycles. The van der Waals surface area contributed by atoms with Crippen LogP contribution in [0.4, 0.5) is 0 Å². The van der Waals surface area contributed by atoms with E-state index in [9.17, 15) is 0 Å². The zero-order valence-corrected chi connectivity index (χ0v) is 5.66. The van der Waals surface area contributed by atoms with Crippen LogP contribution in [0.3, 0.4) is 0 Å². The molecular formula is C5H12ClNO. The van der Waals surface area contributed by atoms with Gasteiger partial charge in [0.2, 0.25) is 0 Å². The molecule has 3 N–H and O–H groups in total. The van der Waals surface area contributed by atoms with Crippen LogP contribution in [0.5, 0.6) is 0 Å². The summed E-state index contributed by atoms with van der Waals surface area (Å²) in [6.45, 7) is 1.90. The van der Waals surface area contributed by atoms with Gasteiger partial charge in [-0.05, 0) is 12.8 Å². The first-order valence-corrected chi connectivity index (χ1v) is 2.84. The summed E-state index contributed by atoms with van der Waals surface area (Å²) >= 11 is 0. The van der Waals surface area contributed by atoms with Crippen LogP contribution in [0.1, 0.15) is 12.8 Å². The van der Waals surface area contributed by atoms with Crippen molar-refractivity contribution in [2.24, 2.45) is 0 Å².